The Hall–Kier alpha value is -3.08. The van der Waals surface area contributed by atoms with Crippen molar-refractivity contribution in [2.75, 3.05) is 26.5 Å². The molecule has 1 heterocycles. The second kappa shape index (κ2) is 11.0. The van der Waals surface area contributed by atoms with Crippen LogP contribution in [-0.4, -0.2) is 37.5 Å². The van der Waals surface area contributed by atoms with Crippen LogP contribution in [0.3, 0.4) is 0 Å². The Bertz CT molecular complexity index is 964. The summed E-state index contributed by atoms with van der Waals surface area (Å²) in [6, 6.07) is 27.4. The summed E-state index contributed by atoms with van der Waals surface area (Å²) in [4.78, 5) is 2.37. The van der Waals surface area contributed by atoms with Crippen LogP contribution in [0.4, 0.5) is 0 Å². The van der Waals surface area contributed by atoms with E-state index in [1.807, 2.05) is 38.1 Å². The highest BCUT2D eigenvalue weighted by atomic mass is 16.6. The first-order valence-electron chi connectivity index (χ1n) is 11.3. The predicted molar refractivity (Wildman–Crippen MR) is 129 cm³/mol. The molecule has 1 fully saturated rings. The quantitative estimate of drug-likeness (QED) is 0.421. The minimum Gasteiger partial charge on any atom is -0.490 e. The summed E-state index contributed by atoms with van der Waals surface area (Å²) in [5.41, 5.74) is 3.62. The molecule has 0 aromatic heterocycles. The van der Waals surface area contributed by atoms with Crippen LogP contribution in [0, 0.1) is 0 Å². The lowest BCUT2D eigenvalue weighted by Gasteiger charge is -2.27. The van der Waals surface area contributed by atoms with Gasteiger partial charge in [0, 0.05) is 6.54 Å². The molecule has 0 saturated carbocycles. The maximum Gasteiger partial charge on any atom is 0.161 e. The van der Waals surface area contributed by atoms with Gasteiger partial charge < -0.3 is 14.2 Å². The van der Waals surface area contributed by atoms with Crippen molar-refractivity contribution in [3.63, 3.8) is 0 Å². The SMILES string of the molecule is C/C=C/c1ccc(OCC)c(OCC2CN(C(c3ccccc3)c3ccccc3)CO2)c1. The number of allylic oxidation sites excluding steroid dienone is 1. The molecule has 1 saturated heterocycles. The topological polar surface area (TPSA) is 30.9 Å². The smallest absolute Gasteiger partial charge is 0.161 e. The van der Waals surface area contributed by atoms with E-state index >= 15 is 0 Å². The van der Waals surface area contributed by atoms with E-state index in [4.69, 9.17) is 14.2 Å². The molecule has 3 aromatic rings. The first kappa shape index (κ1) is 22.1. The fourth-order valence-corrected chi connectivity index (χ4v) is 4.12. The van der Waals surface area contributed by atoms with Gasteiger partial charge >= 0.3 is 0 Å². The highest BCUT2D eigenvalue weighted by Crippen LogP contribution is 2.33. The highest BCUT2D eigenvalue weighted by molar-refractivity contribution is 5.55. The molecule has 4 heteroatoms. The third-order valence-electron chi connectivity index (χ3n) is 5.56. The van der Waals surface area contributed by atoms with Crippen molar-refractivity contribution in [2.45, 2.75) is 26.0 Å². The van der Waals surface area contributed by atoms with Crippen molar-refractivity contribution < 1.29 is 14.2 Å². The van der Waals surface area contributed by atoms with Crippen LogP contribution in [0.15, 0.2) is 84.9 Å². The number of hydrogen-bond acceptors (Lipinski definition) is 4. The number of rotatable bonds is 9. The van der Waals surface area contributed by atoms with Crippen LogP contribution in [0.5, 0.6) is 11.5 Å². The van der Waals surface area contributed by atoms with Gasteiger partial charge in [0.2, 0.25) is 0 Å². The summed E-state index contributed by atoms with van der Waals surface area (Å²) in [7, 11) is 0. The molecule has 1 atom stereocenters. The minimum atomic E-state index is -0.00947. The van der Waals surface area contributed by atoms with Crippen LogP contribution in [0.2, 0.25) is 0 Å². The van der Waals surface area contributed by atoms with Gasteiger partial charge in [-0.2, -0.15) is 0 Å². The Kier molecular flexibility index (Phi) is 7.59. The zero-order chi connectivity index (χ0) is 22.2. The third-order valence-corrected chi connectivity index (χ3v) is 5.56. The van der Waals surface area contributed by atoms with Gasteiger partial charge in [-0.05, 0) is 42.7 Å². The van der Waals surface area contributed by atoms with Crippen molar-refractivity contribution in [1.82, 2.24) is 4.90 Å². The Balaban J connectivity index is 1.47. The fourth-order valence-electron chi connectivity index (χ4n) is 4.12. The van der Waals surface area contributed by atoms with Crippen LogP contribution in [0.25, 0.3) is 6.08 Å². The normalized spacial score (nSPS) is 16.7. The largest absolute Gasteiger partial charge is 0.490 e. The Morgan fingerprint density at radius 1 is 0.938 bits per heavy atom. The molecule has 4 nitrogen and oxygen atoms in total. The lowest BCUT2D eigenvalue weighted by Crippen LogP contribution is -2.30. The van der Waals surface area contributed by atoms with Gasteiger partial charge in [-0.1, -0.05) is 78.9 Å². The maximum atomic E-state index is 6.19. The molecule has 1 aliphatic heterocycles. The van der Waals surface area contributed by atoms with E-state index in [0.29, 0.717) is 19.9 Å². The number of hydrogen-bond donors (Lipinski definition) is 0. The van der Waals surface area contributed by atoms with Crippen molar-refractivity contribution in [3.05, 3.63) is 102 Å². The molecular weight excluding hydrogens is 398 g/mol. The molecule has 0 N–H and O–H groups in total. The fraction of sp³-hybridized carbons (Fsp3) is 0.286. The average molecular weight is 430 g/mol. The second-order valence-electron chi connectivity index (χ2n) is 7.86. The van der Waals surface area contributed by atoms with Gasteiger partial charge in [0.25, 0.3) is 0 Å². The second-order valence-corrected chi connectivity index (χ2v) is 7.86. The maximum absolute atomic E-state index is 6.19. The van der Waals surface area contributed by atoms with Gasteiger partial charge in [-0.15, -0.1) is 0 Å². The van der Waals surface area contributed by atoms with Crippen molar-refractivity contribution in [2.24, 2.45) is 0 Å². The summed E-state index contributed by atoms with van der Waals surface area (Å²) in [5, 5.41) is 0. The third kappa shape index (κ3) is 5.39. The summed E-state index contributed by atoms with van der Waals surface area (Å²) in [6.45, 7) is 6.43. The molecule has 0 radical (unpaired) electrons. The molecule has 4 rings (SSSR count). The van der Waals surface area contributed by atoms with E-state index in [1.54, 1.807) is 0 Å². The van der Waals surface area contributed by atoms with E-state index in [0.717, 1.165) is 23.6 Å². The molecule has 0 amide bonds. The summed E-state index contributed by atoms with van der Waals surface area (Å²) < 4.78 is 18.1. The predicted octanol–water partition coefficient (Wildman–Crippen LogP) is 5.95. The summed E-state index contributed by atoms with van der Waals surface area (Å²) in [5.74, 6) is 1.52. The monoisotopic (exact) mass is 429 g/mol. The highest BCUT2D eigenvalue weighted by Gasteiger charge is 2.31. The van der Waals surface area contributed by atoms with E-state index in [2.05, 4.69) is 71.6 Å². The molecule has 1 unspecified atom stereocenters. The van der Waals surface area contributed by atoms with E-state index in [1.165, 1.54) is 11.1 Å². The Morgan fingerprint density at radius 3 is 2.25 bits per heavy atom. The van der Waals surface area contributed by atoms with Gasteiger partial charge in [0.1, 0.15) is 19.4 Å². The van der Waals surface area contributed by atoms with Gasteiger partial charge in [-0.25, -0.2) is 0 Å². The molecule has 1 aliphatic rings. The number of nitrogens with zero attached hydrogens (tertiary/aromatic N) is 1. The number of ether oxygens (including phenoxy) is 3. The Labute approximate surface area is 191 Å². The average Bonchev–Trinajstić information content (AvgIpc) is 3.29. The first-order chi connectivity index (χ1) is 15.8. The standard InChI is InChI=1S/C28H31NO3/c1-3-11-22-16-17-26(30-4-2)27(18-22)31-20-25-19-29(21-32-25)28(23-12-7-5-8-13-23)24-14-9-6-10-15-24/h3,5-18,25,28H,4,19-21H2,1-2H3/b11-3+. The Morgan fingerprint density at radius 2 is 1.62 bits per heavy atom. The molecule has 0 bridgehead atoms. The molecule has 166 valence electrons. The van der Waals surface area contributed by atoms with Crippen molar-refractivity contribution in [1.29, 1.82) is 0 Å². The number of benzene rings is 3. The van der Waals surface area contributed by atoms with Crippen molar-refractivity contribution >= 4 is 6.08 Å². The van der Waals surface area contributed by atoms with Crippen LogP contribution >= 0.6 is 0 Å². The lowest BCUT2D eigenvalue weighted by molar-refractivity contribution is 0.0543. The van der Waals surface area contributed by atoms with Crippen LogP contribution in [0.1, 0.15) is 36.6 Å². The zero-order valence-corrected chi connectivity index (χ0v) is 18.8. The van der Waals surface area contributed by atoms with E-state index in [9.17, 15) is 0 Å². The van der Waals surface area contributed by atoms with E-state index < -0.39 is 0 Å². The van der Waals surface area contributed by atoms with E-state index in [-0.39, 0.29) is 12.1 Å². The van der Waals surface area contributed by atoms with Crippen LogP contribution in [-0.2, 0) is 4.74 Å². The molecule has 32 heavy (non-hydrogen) atoms. The molecule has 3 aromatic carbocycles. The molecular formula is C28H31NO3. The van der Waals surface area contributed by atoms with Gasteiger partial charge in [0.15, 0.2) is 11.5 Å². The molecule has 0 aliphatic carbocycles. The van der Waals surface area contributed by atoms with Gasteiger partial charge in [0.05, 0.1) is 12.6 Å². The molecule has 0 spiro atoms. The summed E-state index contributed by atoms with van der Waals surface area (Å²) >= 11 is 0. The van der Waals surface area contributed by atoms with Gasteiger partial charge in [-0.3, -0.25) is 4.90 Å². The minimum absolute atomic E-state index is 0.00947. The lowest BCUT2D eigenvalue weighted by atomic mass is 9.97. The first-order valence-corrected chi connectivity index (χ1v) is 11.3. The zero-order valence-electron chi connectivity index (χ0n) is 18.8. The van der Waals surface area contributed by atoms with Crippen molar-refractivity contribution in [3.8, 4) is 11.5 Å². The van der Waals surface area contributed by atoms with Crippen LogP contribution < -0.4 is 9.47 Å². The summed E-state index contributed by atoms with van der Waals surface area (Å²) in [6.07, 6.45) is 4.07.